The first-order valence-electron chi connectivity index (χ1n) is 8.71. The van der Waals surface area contributed by atoms with E-state index < -0.39 is 17.3 Å². The highest BCUT2D eigenvalue weighted by atomic mass is 35.5. The number of nitrogens with one attached hydrogen (secondary N) is 2. The fourth-order valence-electron chi connectivity index (χ4n) is 3.18. The van der Waals surface area contributed by atoms with E-state index in [1.54, 1.807) is 23.1 Å². The smallest absolute Gasteiger partial charge is 0.416 e. The summed E-state index contributed by atoms with van der Waals surface area (Å²) in [6.07, 6.45) is 0.195. The molecule has 1 fully saturated rings. The van der Waals surface area contributed by atoms with Crippen LogP contribution >= 0.6 is 12.4 Å². The second-order valence-electron chi connectivity index (χ2n) is 6.36. The van der Waals surface area contributed by atoms with Crippen molar-refractivity contribution in [2.24, 2.45) is 0 Å². The molecule has 10 heteroatoms. The lowest BCUT2D eigenvalue weighted by molar-refractivity contribution is -0.137. The van der Waals surface area contributed by atoms with Crippen LogP contribution in [-0.4, -0.2) is 41.9 Å². The number of nitrogens with zero attached hydrogens (tertiary/aromatic N) is 2. The zero-order valence-corrected chi connectivity index (χ0v) is 15.9. The van der Waals surface area contributed by atoms with Crippen molar-refractivity contribution in [2.45, 2.75) is 24.6 Å². The van der Waals surface area contributed by atoms with Crippen molar-refractivity contribution in [2.75, 3.05) is 26.2 Å². The van der Waals surface area contributed by atoms with Gasteiger partial charge in [0.2, 0.25) is 5.91 Å². The summed E-state index contributed by atoms with van der Waals surface area (Å²) in [5.41, 5.74) is -1.53. The lowest BCUT2D eigenvalue weighted by Gasteiger charge is -2.36. The number of benzene rings is 1. The van der Waals surface area contributed by atoms with E-state index in [1.807, 2.05) is 0 Å². The van der Waals surface area contributed by atoms with Gasteiger partial charge in [0.15, 0.2) is 0 Å². The van der Waals surface area contributed by atoms with Crippen LogP contribution in [0.2, 0.25) is 0 Å². The topological polar surface area (TPSA) is 68.2 Å². The van der Waals surface area contributed by atoms with Crippen LogP contribution in [0.1, 0.15) is 18.4 Å². The van der Waals surface area contributed by atoms with E-state index in [-0.39, 0.29) is 37.2 Å². The Morgan fingerprint density at radius 1 is 1.29 bits per heavy atom. The lowest BCUT2D eigenvalue weighted by atomic mass is 9.87. The van der Waals surface area contributed by atoms with Gasteiger partial charge < -0.3 is 15.4 Å². The van der Waals surface area contributed by atoms with Crippen molar-refractivity contribution in [1.82, 2.24) is 20.4 Å². The summed E-state index contributed by atoms with van der Waals surface area (Å²) in [5, 5.41) is 10.3. The molecule has 1 aromatic carbocycles. The molecule has 2 aromatic rings. The van der Waals surface area contributed by atoms with E-state index in [4.69, 9.17) is 4.74 Å². The highest BCUT2D eigenvalue weighted by molar-refractivity contribution is 5.85. The second-order valence-corrected chi connectivity index (χ2v) is 6.36. The first kappa shape index (κ1) is 22.0. The molecule has 0 aliphatic carbocycles. The Kier molecular flexibility index (Phi) is 7.31. The van der Waals surface area contributed by atoms with Crippen molar-refractivity contribution < 1.29 is 22.7 Å². The molecule has 1 aromatic heterocycles. The van der Waals surface area contributed by atoms with Gasteiger partial charge in [-0.25, -0.2) is 0 Å². The summed E-state index contributed by atoms with van der Waals surface area (Å²) in [4.78, 5) is 12.8. The summed E-state index contributed by atoms with van der Waals surface area (Å²) in [7, 11) is 0. The number of alkyl halides is 3. The number of carbonyl (C=O) groups is 1. The van der Waals surface area contributed by atoms with Gasteiger partial charge in [0, 0.05) is 12.4 Å². The van der Waals surface area contributed by atoms with Crippen molar-refractivity contribution in [3.05, 3.63) is 48.3 Å². The van der Waals surface area contributed by atoms with Gasteiger partial charge in [0.05, 0.1) is 12.1 Å². The van der Waals surface area contributed by atoms with Gasteiger partial charge in [-0.3, -0.25) is 9.48 Å². The third-order valence-electron chi connectivity index (χ3n) is 4.61. The van der Waals surface area contributed by atoms with Crippen LogP contribution in [-0.2, 0) is 16.5 Å². The van der Waals surface area contributed by atoms with Crippen LogP contribution < -0.4 is 15.4 Å². The van der Waals surface area contributed by atoms with Crippen LogP contribution in [0, 0.1) is 0 Å². The Balaban J connectivity index is 0.00000280. The Hall–Kier alpha value is -2.26. The van der Waals surface area contributed by atoms with Crippen LogP contribution in [0.15, 0.2) is 42.7 Å². The van der Waals surface area contributed by atoms with Gasteiger partial charge in [-0.05, 0) is 50.2 Å². The van der Waals surface area contributed by atoms with Gasteiger partial charge in [0.25, 0.3) is 0 Å². The highest BCUT2D eigenvalue weighted by Crippen LogP contribution is 2.31. The van der Waals surface area contributed by atoms with Gasteiger partial charge in [-0.1, -0.05) is 6.07 Å². The molecule has 0 bridgehead atoms. The number of piperidine rings is 1. The van der Waals surface area contributed by atoms with E-state index in [2.05, 4.69) is 15.7 Å². The zero-order chi connectivity index (χ0) is 19.3. The minimum Gasteiger partial charge on any atom is -0.492 e. The van der Waals surface area contributed by atoms with E-state index in [0.717, 1.165) is 12.1 Å². The summed E-state index contributed by atoms with van der Waals surface area (Å²) in [6.45, 7) is 1.66. The average molecular weight is 419 g/mol. The molecule has 6 nitrogen and oxygen atoms in total. The molecule has 1 saturated heterocycles. The minimum absolute atomic E-state index is 0. The first-order valence-corrected chi connectivity index (χ1v) is 8.71. The summed E-state index contributed by atoms with van der Waals surface area (Å²) in [5.74, 6) is -0.0527. The number of hydrogen-bond acceptors (Lipinski definition) is 4. The SMILES string of the molecule is Cl.O=C(NCCOc1cccc(C(F)(F)F)c1)C1(n2cccn2)CCNCC1. The van der Waals surface area contributed by atoms with Crippen LogP contribution in [0.4, 0.5) is 13.2 Å². The average Bonchev–Trinajstić information content (AvgIpc) is 3.20. The van der Waals surface area contributed by atoms with Gasteiger partial charge in [0.1, 0.15) is 17.9 Å². The van der Waals surface area contributed by atoms with Crippen LogP contribution in [0.3, 0.4) is 0 Å². The van der Waals surface area contributed by atoms with Crippen molar-refractivity contribution in [3.8, 4) is 5.75 Å². The molecule has 0 saturated carbocycles. The molecule has 0 atom stereocenters. The molecule has 0 spiro atoms. The van der Waals surface area contributed by atoms with E-state index >= 15 is 0 Å². The summed E-state index contributed by atoms with van der Waals surface area (Å²) < 4.78 is 45.2. The van der Waals surface area contributed by atoms with Gasteiger partial charge in [-0.15, -0.1) is 12.4 Å². The predicted molar refractivity (Wildman–Crippen MR) is 99.5 cm³/mol. The van der Waals surface area contributed by atoms with E-state index in [1.165, 1.54) is 12.1 Å². The number of aromatic nitrogens is 2. The molecule has 2 N–H and O–H groups in total. The van der Waals surface area contributed by atoms with Crippen molar-refractivity contribution >= 4 is 18.3 Å². The second kappa shape index (κ2) is 9.29. The Labute approximate surface area is 166 Å². The number of hydrogen-bond donors (Lipinski definition) is 2. The maximum Gasteiger partial charge on any atom is 0.416 e. The maximum atomic E-state index is 12.8. The Morgan fingerprint density at radius 2 is 2.04 bits per heavy atom. The largest absolute Gasteiger partial charge is 0.492 e. The third kappa shape index (κ3) is 4.96. The van der Waals surface area contributed by atoms with Crippen LogP contribution in [0.5, 0.6) is 5.75 Å². The van der Waals surface area contributed by atoms with E-state index in [0.29, 0.717) is 25.9 Å². The molecule has 1 aliphatic rings. The molecule has 1 amide bonds. The molecular formula is C18H22ClF3N4O2. The molecular weight excluding hydrogens is 397 g/mol. The standard InChI is InChI=1S/C18H21F3N4O2.ClH/c19-18(20,21)14-3-1-4-15(13-14)27-12-10-23-16(26)17(5-8-22-9-6-17)25-11-2-7-24-25;/h1-4,7,11,13,22H,5-6,8-10,12H2,(H,23,26);1H. The summed E-state index contributed by atoms with van der Waals surface area (Å²) in [6, 6.07) is 6.45. The quantitative estimate of drug-likeness (QED) is 0.708. The zero-order valence-electron chi connectivity index (χ0n) is 15.0. The third-order valence-corrected chi connectivity index (χ3v) is 4.61. The van der Waals surface area contributed by atoms with E-state index in [9.17, 15) is 18.0 Å². The maximum absolute atomic E-state index is 12.8. The molecule has 1 aliphatic heterocycles. The Morgan fingerprint density at radius 3 is 2.68 bits per heavy atom. The first-order chi connectivity index (χ1) is 12.9. The Bertz CT molecular complexity index is 762. The highest BCUT2D eigenvalue weighted by Gasteiger charge is 2.41. The molecule has 0 radical (unpaired) electrons. The number of rotatable bonds is 6. The summed E-state index contributed by atoms with van der Waals surface area (Å²) >= 11 is 0. The fraction of sp³-hybridized carbons (Fsp3) is 0.444. The molecule has 2 heterocycles. The van der Waals surface area contributed by atoms with Crippen LogP contribution in [0.25, 0.3) is 0 Å². The fourth-order valence-corrected chi connectivity index (χ4v) is 3.18. The predicted octanol–water partition coefficient (Wildman–Crippen LogP) is 2.60. The molecule has 0 unspecified atom stereocenters. The van der Waals surface area contributed by atoms with Gasteiger partial charge >= 0.3 is 6.18 Å². The molecule has 154 valence electrons. The number of ether oxygens (including phenoxy) is 1. The molecule has 28 heavy (non-hydrogen) atoms. The lowest BCUT2D eigenvalue weighted by Crippen LogP contribution is -2.55. The number of amides is 1. The van der Waals surface area contributed by atoms with Gasteiger partial charge in [-0.2, -0.15) is 18.3 Å². The number of halogens is 4. The number of carbonyl (C=O) groups excluding carboxylic acids is 1. The monoisotopic (exact) mass is 418 g/mol. The van der Waals surface area contributed by atoms with Crippen molar-refractivity contribution in [1.29, 1.82) is 0 Å². The molecule has 3 rings (SSSR count). The normalized spacial score (nSPS) is 16.1. The minimum atomic E-state index is -4.42. The van der Waals surface area contributed by atoms with Crippen molar-refractivity contribution in [3.63, 3.8) is 0 Å².